The molecule has 92 valence electrons. The van der Waals surface area contributed by atoms with Gasteiger partial charge in [0.05, 0.1) is 21.4 Å². The predicted molar refractivity (Wildman–Crippen MR) is 74.1 cm³/mol. The first-order valence-corrected chi connectivity index (χ1v) is 5.98. The molecule has 0 saturated carbocycles. The number of hydrogen-bond acceptors (Lipinski definition) is 4. The van der Waals surface area contributed by atoms with Gasteiger partial charge in [0.2, 0.25) is 0 Å². The molecule has 0 fully saturated rings. The van der Waals surface area contributed by atoms with E-state index in [1.54, 1.807) is 42.7 Å². The second-order valence-electron chi connectivity index (χ2n) is 3.50. The van der Waals surface area contributed by atoms with Crippen molar-refractivity contribution in [3.05, 3.63) is 52.8 Å². The summed E-state index contributed by atoms with van der Waals surface area (Å²) in [5, 5.41) is 2.78. The third-order valence-electron chi connectivity index (χ3n) is 2.35. The molecule has 0 bridgehead atoms. The maximum absolute atomic E-state index is 12.1. The summed E-state index contributed by atoms with van der Waals surface area (Å²) in [4.78, 5) is 16.0. The Bertz CT molecular complexity index is 574. The Hall–Kier alpha value is -1.92. The molecule has 0 radical (unpaired) electrons. The van der Waals surface area contributed by atoms with Crippen molar-refractivity contribution in [2.75, 3.05) is 10.7 Å². The lowest BCUT2D eigenvalue weighted by atomic mass is 10.1. The van der Waals surface area contributed by atoms with Crippen LogP contribution >= 0.6 is 15.9 Å². The molecule has 1 amide bonds. The molecule has 0 aliphatic heterocycles. The van der Waals surface area contributed by atoms with Gasteiger partial charge in [-0.15, -0.1) is 0 Å². The van der Waals surface area contributed by atoms with Crippen LogP contribution in [0.4, 0.5) is 11.4 Å². The smallest absolute Gasteiger partial charge is 0.257 e. The van der Waals surface area contributed by atoms with Crippen LogP contribution in [-0.4, -0.2) is 10.9 Å². The molecule has 4 N–H and O–H groups in total. The summed E-state index contributed by atoms with van der Waals surface area (Å²) < 4.78 is 0.719. The van der Waals surface area contributed by atoms with Crippen LogP contribution in [0.25, 0.3) is 0 Å². The Balaban J connectivity index is 2.25. The SMILES string of the molecule is NNc1ccccc1C(=O)Nc1ccncc1Br. The Morgan fingerprint density at radius 1 is 1.22 bits per heavy atom. The van der Waals surface area contributed by atoms with E-state index in [2.05, 4.69) is 31.7 Å². The number of rotatable bonds is 3. The molecule has 0 atom stereocenters. The van der Waals surface area contributed by atoms with Crippen molar-refractivity contribution in [1.82, 2.24) is 4.98 Å². The number of nitrogens with one attached hydrogen (secondary N) is 2. The van der Waals surface area contributed by atoms with Crippen LogP contribution in [0.2, 0.25) is 0 Å². The molecule has 0 saturated heterocycles. The van der Waals surface area contributed by atoms with Gasteiger partial charge in [0.25, 0.3) is 5.91 Å². The summed E-state index contributed by atoms with van der Waals surface area (Å²) in [6, 6.07) is 8.71. The van der Waals surface area contributed by atoms with Gasteiger partial charge in [-0.3, -0.25) is 15.6 Å². The van der Waals surface area contributed by atoms with Crippen molar-refractivity contribution < 1.29 is 4.79 Å². The van der Waals surface area contributed by atoms with Crippen molar-refractivity contribution in [1.29, 1.82) is 0 Å². The number of pyridine rings is 1. The zero-order valence-electron chi connectivity index (χ0n) is 9.35. The van der Waals surface area contributed by atoms with Gasteiger partial charge < -0.3 is 10.7 Å². The van der Waals surface area contributed by atoms with Gasteiger partial charge in [0, 0.05) is 12.4 Å². The molecule has 0 aliphatic rings. The molecule has 2 rings (SSSR count). The number of nitrogen functional groups attached to an aromatic ring is 1. The van der Waals surface area contributed by atoms with Gasteiger partial charge in [-0.1, -0.05) is 12.1 Å². The number of carbonyl (C=O) groups excluding carboxylic acids is 1. The number of carbonyl (C=O) groups is 1. The maximum Gasteiger partial charge on any atom is 0.257 e. The summed E-state index contributed by atoms with van der Waals surface area (Å²) in [6.45, 7) is 0. The molecule has 0 aliphatic carbocycles. The number of halogens is 1. The van der Waals surface area contributed by atoms with E-state index in [1.807, 2.05) is 0 Å². The minimum absolute atomic E-state index is 0.240. The van der Waals surface area contributed by atoms with Crippen LogP contribution in [0.5, 0.6) is 0 Å². The van der Waals surface area contributed by atoms with E-state index in [9.17, 15) is 4.79 Å². The second kappa shape index (κ2) is 5.61. The largest absolute Gasteiger partial charge is 0.323 e. The summed E-state index contributed by atoms with van der Waals surface area (Å²) in [5.41, 5.74) is 4.19. The van der Waals surface area contributed by atoms with Crippen molar-refractivity contribution in [2.24, 2.45) is 5.84 Å². The topological polar surface area (TPSA) is 80.0 Å². The highest BCUT2D eigenvalue weighted by atomic mass is 79.9. The fourth-order valence-electron chi connectivity index (χ4n) is 1.47. The highest BCUT2D eigenvalue weighted by Crippen LogP contribution is 2.22. The van der Waals surface area contributed by atoms with Crippen molar-refractivity contribution in [3.8, 4) is 0 Å². The molecule has 1 aromatic heterocycles. The first-order chi connectivity index (χ1) is 8.72. The average molecular weight is 307 g/mol. The maximum atomic E-state index is 12.1. The van der Waals surface area contributed by atoms with Gasteiger partial charge in [-0.25, -0.2) is 0 Å². The van der Waals surface area contributed by atoms with Crippen molar-refractivity contribution in [3.63, 3.8) is 0 Å². The van der Waals surface area contributed by atoms with E-state index in [1.165, 1.54) is 0 Å². The number of nitrogens with two attached hydrogens (primary N) is 1. The van der Waals surface area contributed by atoms with Crippen LogP contribution in [0.15, 0.2) is 47.2 Å². The normalized spacial score (nSPS) is 9.89. The zero-order valence-corrected chi connectivity index (χ0v) is 10.9. The summed E-state index contributed by atoms with van der Waals surface area (Å²) in [7, 11) is 0. The molecule has 0 spiro atoms. The summed E-state index contributed by atoms with van der Waals surface area (Å²) in [6.07, 6.45) is 3.22. The molecule has 1 aromatic carbocycles. The lowest BCUT2D eigenvalue weighted by Crippen LogP contribution is -2.17. The third-order valence-corrected chi connectivity index (χ3v) is 2.98. The number of amides is 1. The standard InChI is InChI=1S/C12H11BrN4O/c13-9-7-15-6-5-11(9)16-12(18)8-3-1-2-4-10(8)17-14/h1-7,17H,14H2,(H,15,16,18). The lowest BCUT2D eigenvalue weighted by Gasteiger charge is -2.10. The van der Waals surface area contributed by atoms with E-state index in [0.717, 1.165) is 4.47 Å². The first-order valence-electron chi connectivity index (χ1n) is 5.19. The summed E-state index contributed by atoms with van der Waals surface area (Å²) in [5.74, 6) is 5.12. The Morgan fingerprint density at radius 2 is 2.00 bits per heavy atom. The van der Waals surface area contributed by atoms with Crippen molar-refractivity contribution in [2.45, 2.75) is 0 Å². The minimum atomic E-state index is -0.240. The number of para-hydroxylation sites is 1. The van der Waals surface area contributed by atoms with E-state index in [-0.39, 0.29) is 5.91 Å². The van der Waals surface area contributed by atoms with Crippen LogP contribution in [0.1, 0.15) is 10.4 Å². The molecule has 0 unspecified atom stereocenters. The fourth-order valence-corrected chi connectivity index (χ4v) is 1.82. The number of aromatic nitrogens is 1. The van der Waals surface area contributed by atoms with Gasteiger partial charge >= 0.3 is 0 Å². The number of benzene rings is 1. The summed E-state index contributed by atoms with van der Waals surface area (Å²) >= 11 is 3.32. The minimum Gasteiger partial charge on any atom is -0.323 e. The van der Waals surface area contributed by atoms with Gasteiger partial charge in [0.15, 0.2) is 0 Å². The van der Waals surface area contributed by atoms with Gasteiger partial charge in [-0.05, 0) is 34.1 Å². The molecule has 2 aromatic rings. The van der Waals surface area contributed by atoms with E-state index in [4.69, 9.17) is 5.84 Å². The van der Waals surface area contributed by atoms with Gasteiger partial charge in [0.1, 0.15) is 0 Å². The Labute approximate surface area is 113 Å². The fraction of sp³-hybridized carbons (Fsp3) is 0. The second-order valence-corrected chi connectivity index (χ2v) is 4.35. The molecule has 18 heavy (non-hydrogen) atoms. The Morgan fingerprint density at radius 3 is 2.72 bits per heavy atom. The molecule has 1 heterocycles. The monoisotopic (exact) mass is 306 g/mol. The lowest BCUT2D eigenvalue weighted by molar-refractivity contribution is 0.102. The third kappa shape index (κ3) is 2.66. The highest BCUT2D eigenvalue weighted by molar-refractivity contribution is 9.10. The Kier molecular flexibility index (Phi) is 3.91. The highest BCUT2D eigenvalue weighted by Gasteiger charge is 2.11. The molecular weight excluding hydrogens is 296 g/mol. The number of hydrogen-bond donors (Lipinski definition) is 3. The molecular formula is C12H11BrN4O. The number of anilines is 2. The predicted octanol–water partition coefficient (Wildman–Crippen LogP) is 2.38. The zero-order chi connectivity index (χ0) is 13.0. The first kappa shape index (κ1) is 12.5. The van der Waals surface area contributed by atoms with Gasteiger partial charge in [-0.2, -0.15) is 0 Å². The molecule has 6 heteroatoms. The number of hydrazine groups is 1. The number of nitrogens with zero attached hydrogens (tertiary/aromatic N) is 1. The van der Waals surface area contributed by atoms with Crippen LogP contribution in [0.3, 0.4) is 0 Å². The average Bonchev–Trinajstić information content (AvgIpc) is 2.41. The van der Waals surface area contributed by atoms with E-state index in [0.29, 0.717) is 16.9 Å². The van der Waals surface area contributed by atoms with E-state index >= 15 is 0 Å². The quantitative estimate of drug-likeness (QED) is 0.601. The van der Waals surface area contributed by atoms with Crippen LogP contribution < -0.4 is 16.6 Å². The van der Waals surface area contributed by atoms with Crippen LogP contribution in [0, 0.1) is 0 Å². The van der Waals surface area contributed by atoms with Crippen molar-refractivity contribution >= 4 is 33.2 Å². The molecule has 5 nitrogen and oxygen atoms in total. The van der Waals surface area contributed by atoms with E-state index < -0.39 is 0 Å². The van der Waals surface area contributed by atoms with Crippen LogP contribution in [-0.2, 0) is 0 Å².